The molecule has 1 N–H and O–H groups in total. The lowest BCUT2D eigenvalue weighted by atomic mass is 10.2. The normalized spacial score (nSPS) is 17.1. The molecule has 1 aliphatic rings. The van der Waals surface area contributed by atoms with Crippen LogP contribution in [-0.4, -0.2) is 40.3 Å². The van der Waals surface area contributed by atoms with E-state index in [2.05, 4.69) is 26.2 Å². The van der Waals surface area contributed by atoms with E-state index in [1.807, 2.05) is 6.07 Å². The molecule has 4 amide bonds. The number of hydrogen-bond donors (Lipinski definition) is 1. The number of pyridine rings is 1. The van der Waals surface area contributed by atoms with E-state index in [1.165, 1.54) is 4.90 Å². The van der Waals surface area contributed by atoms with E-state index in [4.69, 9.17) is 0 Å². The van der Waals surface area contributed by atoms with Crippen molar-refractivity contribution in [2.45, 2.75) is 13.0 Å². The molecule has 0 aliphatic carbocycles. The van der Waals surface area contributed by atoms with E-state index in [0.717, 1.165) is 9.37 Å². The molecular weight excluding hydrogens is 388 g/mol. The summed E-state index contributed by atoms with van der Waals surface area (Å²) in [4.78, 5) is 43.5. The second-order valence-electron chi connectivity index (χ2n) is 5.50. The first-order chi connectivity index (χ1) is 12.0. The standard InChI is InChI=1S/C17H15BrN4O3/c1-11-16(24)21(17(25)22(11)13-5-3-2-4-6-13)10-15(23)20-14-8-7-12(18)9-19-14/h2-9,11H,10H2,1H3,(H,19,20,23). The average molecular weight is 403 g/mol. The van der Waals surface area contributed by atoms with Gasteiger partial charge >= 0.3 is 6.03 Å². The highest BCUT2D eigenvalue weighted by molar-refractivity contribution is 9.10. The van der Waals surface area contributed by atoms with Crippen LogP contribution in [0, 0.1) is 0 Å². The van der Waals surface area contributed by atoms with Gasteiger partial charge in [-0.25, -0.2) is 9.78 Å². The smallest absolute Gasteiger partial charge is 0.309 e. The summed E-state index contributed by atoms with van der Waals surface area (Å²) in [7, 11) is 0. The Morgan fingerprint density at radius 1 is 1.20 bits per heavy atom. The fourth-order valence-electron chi connectivity index (χ4n) is 2.57. The monoisotopic (exact) mass is 402 g/mol. The SMILES string of the molecule is CC1C(=O)N(CC(=O)Nc2ccc(Br)cn2)C(=O)N1c1ccccc1. The Labute approximate surface area is 152 Å². The number of amides is 4. The third-order valence-electron chi connectivity index (χ3n) is 3.78. The number of carbonyl (C=O) groups is 3. The van der Waals surface area contributed by atoms with Gasteiger partial charge in [-0.2, -0.15) is 0 Å². The summed E-state index contributed by atoms with van der Waals surface area (Å²) in [6.07, 6.45) is 1.54. The Hall–Kier alpha value is -2.74. The van der Waals surface area contributed by atoms with Crippen LogP contribution in [-0.2, 0) is 9.59 Å². The Balaban J connectivity index is 1.72. The number of anilines is 2. The number of nitrogens with one attached hydrogen (secondary N) is 1. The van der Waals surface area contributed by atoms with Gasteiger partial charge in [0.05, 0.1) is 0 Å². The lowest BCUT2D eigenvalue weighted by molar-refractivity contribution is -0.130. The summed E-state index contributed by atoms with van der Waals surface area (Å²) >= 11 is 3.26. The number of para-hydroxylation sites is 1. The summed E-state index contributed by atoms with van der Waals surface area (Å²) in [6.45, 7) is 1.28. The van der Waals surface area contributed by atoms with Crippen molar-refractivity contribution >= 4 is 45.3 Å². The third kappa shape index (κ3) is 3.53. The van der Waals surface area contributed by atoms with Gasteiger partial charge in [0, 0.05) is 16.4 Å². The minimum Gasteiger partial charge on any atom is -0.309 e. The van der Waals surface area contributed by atoms with Gasteiger partial charge in [-0.15, -0.1) is 0 Å². The minimum atomic E-state index is -0.659. The molecule has 8 heteroatoms. The number of urea groups is 1. The molecule has 3 rings (SSSR count). The quantitative estimate of drug-likeness (QED) is 0.796. The van der Waals surface area contributed by atoms with Crippen molar-refractivity contribution < 1.29 is 14.4 Å². The van der Waals surface area contributed by atoms with E-state index >= 15 is 0 Å². The predicted octanol–water partition coefficient (Wildman–Crippen LogP) is 2.64. The van der Waals surface area contributed by atoms with E-state index < -0.39 is 23.9 Å². The molecule has 0 spiro atoms. The number of rotatable bonds is 4. The number of nitrogens with zero attached hydrogens (tertiary/aromatic N) is 3. The van der Waals surface area contributed by atoms with Crippen LogP contribution >= 0.6 is 15.9 Å². The summed E-state index contributed by atoms with van der Waals surface area (Å²) in [6, 6.07) is 11.1. The number of carbonyl (C=O) groups excluding carboxylic acids is 3. The zero-order valence-corrected chi connectivity index (χ0v) is 14.9. The van der Waals surface area contributed by atoms with Crippen molar-refractivity contribution in [1.82, 2.24) is 9.88 Å². The van der Waals surface area contributed by atoms with Crippen molar-refractivity contribution in [3.8, 4) is 0 Å². The molecule has 0 saturated carbocycles. The maximum atomic E-state index is 12.6. The fraction of sp³-hybridized carbons (Fsp3) is 0.176. The molecule has 1 unspecified atom stereocenters. The summed E-state index contributed by atoms with van der Waals surface area (Å²) in [5.41, 5.74) is 0.617. The summed E-state index contributed by atoms with van der Waals surface area (Å²) in [5, 5.41) is 2.57. The summed E-state index contributed by atoms with van der Waals surface area (Å²) in [5.74, 6) is -0.549. The molecule has 0 bridgehead atoms. The molecule has 7 nitrogen and oxygen atoms in total. The average Bonchev–Trinajstić information content (AvgIpc) is 2.81. The highest BCUT2D eigenvalue weighted by atomic mass is 79.9. The van der Waals surface area contributed by atoms with Gasteiger partial charge in [0.2, 0.25) is 5.91 Å². The summed E-state index contributed by atoms with van der Waals surface area (Å²) < 4.78 is 0.780. The lowest BCUT2D eigenvalue weighted by Crippen LogP contribution is -2.39. The van der Waals surface area contributed by atoms with Crippen LogP contribution in [0.15, 0.2) is 53.1 Å². The van der Waals surface area contributed by atoms with Gasteiger partial charge in [-0.05, 0) is 47.1 Å². The molecular formula is C17H15BrN4O3. The van der Waals surface area contributed by atoms with E-state index in [9.17, 15) is 14.4 Å². The molecule has 2 aromatic rings. The number of imide groups is 1. The van der Waals surface area contributed by atoms with Crippen LogP contribution in [0.2, 0.25) is 0 Å². The third-order valence-corrected chi connectivity index (χ3v) is 4.25. The van der Waals surface area contributed by atoms with E-state index in [1.54, 1.807) is 49.5 Å². The van der Waals surface area contributed by atoms with Crippen molar-refractivity contribution in [3.05, 3.63) is 53.1 Å². The Bertz CT molecular complexity index is 810. The molecule has 1 atom stereocenters. The van der Waals surface area contributed by atoms with Crippen LogP contribution in [0.3, 0.4) is 0 Å². The predicted molar refractivity (Wildman–Crippen MR) is 96.1 cm³/mol. The van der Waals surface area contributed by atoms with E-state index in [-0.39, 0.29) is 6.54 Å². The van der Waals surface area contributed by atoms with E-state index in [0.29, 0.717) is 11.5 Å². The van der Waals surface area contributed by atoms with Crippen LogP contribution < -0.4 is 10.2 Å². The van der Waals surface area contributed by atoms with Crippen molar-refractivity contribution in [2.24, 2.45) is 0 Å². The van der Waals surface area contributed by atoms with Crippen LogP contribution in [0.5, 0.6) is 0 Å². The van der Waals surface area contributed by atoms with Gasteiger partial charge in [0.25, 0.3) is 5.91 Å². The molecule has 1 fully saturated rings. The molecule has 25 heavy (non-hydrogen) atoms. The number of hydrogen-bond acceptors (Lipinski definition) is 4. The second-order valence-corrected chi connectivity index (χ2v) is 6.41. The van der Waals surface area contributed by atoms with Crippen LogP contribution in [0.25, 0.3) is 0 Å². The van der Waals surface area contributed by atoms with Gasteiger partial charge in [0.15, 0.2) is 0 Å². The molecule has 1 aromatic heterocycles. The largest absolute Gasteiger partial charge is 0.332 e. The molecule has 0 radical (unpaired) electrons. The van der Waals surface area contributed by atoms with Crippen molar-refractivity contribution in [2.75, 3.05) is 16.8 Å². The Morgan fingerprint density at radius 3 is 2.56 bits per heavy atom. The number of halogens is 1. The topological polar surface area (TPSA) is 82.6 Å². The molecule has 128 valence electrons. The first-order valence-electron chi connectivity index (χ1n) is 7.58. The highest BCUT2D eigenvalue weighted by Gasteiger charge is 2.43. The Morgan fingerprint density at radius 2 is 1.92 bits per heavy atom. The highest BCUT2D eigenvalue weighted by Crippen LogP contribution is 2.25. The number of benzene rings is 1. The van der Waals surface area contributed by atoms with Gasteiger partial charge < -0.3 is 5.32 Å². The lowest BCUT2D eigenvalue weighted by Gasteiger charge is -2.19. The van der Waals surface area contributed by atoms with Gasteiger partial charge in [-0.1, -0.05) is 18.2 Å². The maximum absolute atomic E-state index is 12.6. The van der Waals surface area contributed by atoms with Gasteiger partial charge in [0.1, 0.15) is 18.4 Å². The molecule has 1 saturated heterocycles. The van der Waals surface area contributed by atoms with Crippen LogP contribution in [0.1, 0.15) is 6.92 Å². The Kier molecular flexibility index (Phi) is 4.80. The zero-order valence-electron chi connectivity index (χ0n) is 13.3. The first kappa shape index (κ1) is 17.1. The van der Waals surface area contributed by atoms with Gasteiger partial charge in [-0.3, -0.25) is 19.4 Å². The number of aromatic nitrogens is 1. The molecule has 2 heterocycles. The molecule has 1 aliphatic heterocycles. The minimum absolute atomic E-state index is 0.347. The fourth-order valence-corrected chi connectivity index (χ4v) is 2.80. The molecule has 1 aromatic carbocycles. The van der Waals surface area contributed by atoms with Crippen molar-refractivity contribution in [3.63, 3.8) is 0 Å². The second kappa shape index (κ2) is 7.02. The first-order valence-corrected chi connectivity index (χ1v) is 8.37. The van der Waals surface area contributed by atoms with Crippen molar-refractivity contribution in [1.29, 1.82) is 0 Å². The maximum Gasteiger partial charge on any atom is 0.332 e. The zero-order chi connectivity index (χ0) is 18.0. The van der Waals surface area contributed by atoms with Crippen LogP contribution in [0.4, 0.5) is 16.3 Å².